The first-order valence-electron chi connectivity index (χ1n) is 4.63. The van der Waals surface area contributed by atoms with Crippen molar-refractivity contribution in [3.63, 3.8) is 0 Å². The molecule has 0 bridgehead atoms. The van der Waals surface area contributed by atoms with Crippen molar-refractivity contribution in [3.8, 4) is 0 Å². The fourth-order valence-corrected chi connectivity index (χ4v) is 2.00. The molecule has 0 spiro atoms. The van der Waals surface area contributed by atoms with Crippen LogP contribution in [0, 0.1) is 5.92 Å². The molecule has 3 heteroatoms. The Morgan fingerprint density at radius 3 is 2.50 bits per heavy atom. The third-order valence-corrected chi connectivity index (χ3v) is 2.58. The molecule has 1 fully saturated rings. The average molecular weight is 172 g/mol. The minimum absolute atomic E-state index is 0.271. The van der Waals surface area contributed by atoms with Gasteiger partial charge in [0.2, 0.25) is 0 Å². The van der Waals surface area contributed by atoms with E-state index in [0.717, 1.165) is 19.6 Å². The summed E-state index contributed by atoms with van der Waals surface area (Å²) < 4.78 is 0. The lowest BCUT2D eigenvalue weighted by atomic mass is 10.2. The molecule has 1 aliphatic rings. The van der Waals surface area contributed by atoms with Gasteiger partial charge >= 0.3 is 0 Å². The summed E-state index contributed by atoms with van der Waals surface area (Å²) in [5.74, 6) is 0.705. The van der Waals surface area contributed by atoms with E-state index in [9.17, 15) is 0 Å². The van der Waals surface area contributed by atoms with Crippen LogP contribution in [0.5, 0.6) is 0 Å². The second-order valence-electron chi connectivity index (χ2n) is 4.10. The lowest BCUT2D eigenvalue weighted by molar-refractivity contribution is 0.136. The molecule has 1 heterocycles. The van der Waals surface area contributed by atoms with Crippen LogP contribution in [0.25, 0.3) is 0 Å². The van der Waals surface area contributed by atoms with Crippen molar-refractivity contribution in [2.24, 2.45) is 5.92 Å². The Balaban J connectivity index is 2.54. The molecule has 0 radical (unpaired) electrons. The van der Waals surface area contributed by atoms with Crippen LogP contribution in [0.4, 0.5) is 0 Å². The van der Waals surface area contributed by atoms with Crippen LogP contribution in [0.15, 0.2) is 0 Å². The Kier molecular flexibility index (Phi) is 3.50. The van der Waals surface area contributed by atoms with E-state index < -0.39 is 0 Å². The highest BCUT2D eigenvalue weighted by atomic mass is 16.3. The third-order valence-electron chi connectivity index (χ3n) is 2.58. The molecule has 3 nitrogen and oxygen atoms in total. The lowest BCUT2D eigenvalue weighted by Crippen LogP contribution is -2.40. The Hall–Kier alpha value is -0.120. The molecule has 0 amide bonds. The number of aliphatic hydroxyl groups is 1. The molecule has 0 saturated carbocycles. The van der Waals surface area contributed by atoms with Crippen molar-refractivity contribution in [1.82, 2.24) is 9.80 Å². The van der Waals surface area contributed by atoms with E-state index in [1.807, 2.05) is 0 Å². The van der Waals surface area contributed by atoms with Gasteiger partial charge in [0, 0.05) is 25.7 Å². The van der Waals surface area contributed by atoms with Crippen LogP contribution >= 0.6 is 0 Å². The van der Waals surface area contributed by atoms with Gasteiger partial charge in [0.15, 0.2) is 0 Å². The van der Waals surface area contributed by atoms with E-state index in [1.54, 1.807) is 0 Å². The molecule has 12 heavy (non-hydrogen) atoms. The molecule has 0 aromatic heterocycles. The summed E-state index contributed by atoms with van der Waals surface area (Å²) in [4.78, 5) is 4.56. The summed E-state index contributed by atoms with van der Waals surface area (Å²) in [6.07, 6.45) is 0. The molecular weight excluding hydrogens is 152 g/mol. The normalized spacial score (nSPS) is 35.0. The Labute approximate surface area is 75.0 Å². The van der Waals surface area contributed by atoms with E-state index in [-0.39, 0.29) is 6.61 Å². The molecule has 1 N–H and O–H groups in total. The second kappa shape index (κ2) is 4.21. The van der Waals surface area contributed by atoms with Crippen LogP contribution in [-0.4, -0.2) is 61.3 Å². The summed E-state index contributed by atoms with van der Waals surface area (Å²) in [7, 11) is 4.22. The first-order valence-corrected chi connectivity index (χ1v) is 4.63. The van der Waals surface area contributed by atoms with E-state index in [2.05, 4.69) is 30.8 Å². The molecule has 72 valence electrons. The zero-order chi connectivity index (χ0) is 9.14. The van der Waals surface area contributed by atoms with Crippen LogP contribution in [0.3, 0.4) is 0 Å². The maximum atomic E-state index is 9.12. The van der Waals surface area contributed by atoms with Crippen molar-refractivity contribution < 1.29 is 5.11 Å². The third kappa shape index (κ3) is 2.44. The highest BCUT2D eigenvalue weighted by Crippen LogP contribution is 2.10. The number of hydrogen-bond acceptors (Lipinski definition) is 3. The molecule has 2 atom stereocenters. The van der Waals surface area contributed by atoms with Gasteiger partial charge in [0.25, 0.3) is 0 Å². The summed E-state index contributed by atoms with van der Waals surface area (Å²) in [6.45, 7) is 5.74. The maximum absolute atomic E-state index is 9.12. The van der Waals surface area contributed by atoms with Crippen molar-refractivity contribution in [3.05, 3.63) is 0 Å². The largest absolute Gasteiger partial charge is 0.395 e. The molecular formula is C9H20N2O. The monoisotopic (exact) mass is 172 g/mol. The van der Waals surface area contributed by atoms with Gasteiger partial charge in [-0.05, 0) is 20.0 Å². The smallest absolute Gasteiger partial charge is 0.0599 e. The Bertz CT molecular complexity index is 140. The zero-order valence-electron chi connectivity index (χ0n) is 8.32. The molecule has 0 aromatic rings. The average Bonchev–Trinajstić information content (AvgIpc) is 2.09. The minimum atomic E-state index is 0.271. The standard InChI is InChI=1S/C9H20N2O/c1-8-4-10(2)6-9(7-12)11(3)5-8/h8-9,12H,4-7H2,1-3H3. The van der Waals surface area contributed by atoms with Gasteiger partial charge in [0.05, 0.1) is 6.61 Å². The topological polar surface area (TPSA) is 26.7 Å². The molecule has 2 unspecified atom stereocenters. The predicted molar refractivity (Wildman–Crippen MR) is 50.2 cm³/mol. The number of rotatable bonds is 1. The molecule has 1 aliphatic heterocycles. The zero-order valence-corrected chi connectivity index (χ0v) is 8.32. The summed E-state index contributed by atoms with van der Waals surface area (Å²) in [5, 5.41) is 9.12. The van der Waals surface area contributed by atoms with Gasteiger partial charge < -0.3 is 10.0 Å². The molecule has 1 saturated heterocycles. The summed E-state index contributed by atoms with van der Waals surface area (Å²) in [6, 6.07) is 0.319. The van der Waals surface area contributed by atoms with E-state index >= 15 is 0 Å². The van der Waals surface area contributed by atoms with Gasteiger partial charge in [0.1, 0.15) is 0 Å². The van der Waals surface area contributed by atoms with Gasteiger partial charge in [-0.15, -0.1) is 0 Å². The van der Waals surface area contributed by atoms with Crippen molar-refractivity contribution in [2.75, 3.05) is 40.3 Å². The van der Waals surface area contributed by atoms with E-state index in [1.165, 1.54) is 0 Å². The van der Waals surface area contributed by atoms with Crippen molar-refractivity contribution >= 4 is 0 Å². The first-order chi connectivity index (χ1) is 5.63. The van der Waals surface area contributed by atoms with Crippen molar-refractivity contribution in [1.29, 1.82) is 0 Å². The Morgan fingerprint density at radius 1 is 1.25 bits per heavy atom. The van der Waals surface area contributed by atoms with Gasteiger partial charge in [-0.1, -0.05) is 6.92 Å². The Morgan fingerprint density at radius 2 is 1.92 bits per heavy atom. The predicted octanol–water partition coefficient (Wildman–Crippen LogP) is -0.139. The second-order valence-corrected chi connectivity index (χ2v) is 4.10. The van der Waals surface area contributed by atoms with Gasteiger partial charge in [-0.2, -0.15) is 0 Å². The quantitative estimate of drug-likeness (QED) is 0.596. The number of likely N-dealkylation sites (N-methyl/N-ethyl adjacent to an activating group) is 2. The highest BCUT2D eigenvalue weighted by Gasteiger charge is 2.22. The van der Waals surface area contributed by atoms with E-state index in [0.29, 0.717) is 12.0 Å². The molecule has 0 aliphatic carbocycles. The molecule has 0 aromatic carbocycles. The van der Waals surface area contributed by atoms with Crippen LogP contribution < -0.4 is 0 Å². The summed E-state index contributed by atoms with van der Waals surface area (Å²) in [5.41, 5.74) is 0. The minimum Gasteiger partial charge on any atom is -0.395 e. The van der Waals surface area contributed by atoms with Crippen LogP contribution in [-0.2, 0) is 0 Å². The van der Waals surface area contributed by atoms with E-state index in [4.69, 9.17) is 5.11 Å². The number of aliphatic hydroxyl groups excluding tert-OH is 1. The summed E-state index contributed by atoms with van der Waals surface area (Å²) >= 11 is 0. The fraction of sp³-hybridized carbons (Fsp3) is 1.00. The van der Waals surface area contributed by atoms with Crippen molar-refractivity contribution in [2.45, 2.75) is 13.0 Å². The number of hydrogen-bond donors (Lipinski definition) is 1. The van der Waals surface area contributed by atoms with Crippen LogP contribution in [0.2, 0.25) is 0 Å². The SMILES string of the molecule is CC1CN(C)CC(CO)N(C)C1. The first kappa shape index (κ1) is 9.96. The van der Waals surface area contributed by atoms with Gasteiger partial charge in [-0.3, -0.25) is 4.90 Å². The van der Waals surface area contributed by atoms with Crippen LogP contribution in [0.1, 0.15) is 6.92 Å². The molecule has 1 rings (SSSR count). The lowest BCUT2D eigenvalue weighted by Gasteiger charge is -2.25. The maximum Gasteiger partial charge on any atom is 0.0599 e. The highest BCUT2D eigenvalue weighted by molar-refractivity contribution is 4.78. The van der Waals surface area contributed by atoms with Gasteiger partial charge in [-0.25, -0.2) is 0 Å². The fourth-order valence-electron chi connectivity index (χ4n) is 2.00. The number of nitrogens with zero attached hydrogens (tertiary/aromatic N) is 2.